The molecule has 0 saturated carbocycles. The van der Waals surface area contributed by atoms with Crippen molar-refractivity contribution in [2.75, 3.05) is 43.4 Å². The summed E-state index contributed by atoms with van der Waals surface area (Å²) in [6, 6.07) is 29.6. The molecule has 1 aliphatic rings. The number of rotatable bonds is 7. The summed E-state index contributed by atoms with van der Waals surface area (Å²) >= 11 is 5.66. The van der Waals surface area contributed by atoms with Crippen LogP contribution in [0.1, 0.15) is 17.0 Å². The third-order valence-electron chi connectivity index (χ3n) is 6.64. The zero-order valence-electron chi connectivity index (χ0n) is 23.9. The molecule has 1 saturated heterocycles. The van der Waals surface area contributed by atoms with Gasteiger partial charge in [-0.15, -0.1) is 0 Å². The Morgan fingerprint density at radius 1 is 0.833 bits per heavy atom. The maximum Gasteiger partial charge on any atom is 0.229 e. The standard InChI is InChI=1S/C33H35N7OS/c1-25-24-26(2)35-31(34-25)37-32(40-22-20-39(21-23-40)19-9-12-27-10-5-3-6-11-27)38-33(42)36-28-15-17-30(18-16-28)41-29-13-7-4-8-14-29/h3-18,24H,19-23H2,1-2H3,(H2,34,35,36,37,38,42)/b12-9+. The highest BCUT2D eigenvalue weighted by molar-refractivity contribution is 7.80. The van der Waals surface area contributed by atoms with Crippen LogP contribution in [-0.2, 0) is 0 Å². The van der Waals surface area contributed by atoms with E-state index in [1.54, 1.807) is 0 Å². The highest BCUT2D eigenvalue weighted by Gasteiger charge is 2.21. The first-order chi connectivity index (χ1) is 20.5. The lowest BCUT2D eigenvalue weighted by Gasteiger charge is -2.35. The number of aryl methyl sites for hydroxylation is 2. The number of hydrogen-bond acceptors (Lipinski definition) is 5. The quantitative estimate of drug-likeness (QED) is 0.149. The number of para-hydroxylation sites is 1. The molecule has 8 nitrogen and oxygen atoms in total. The molecule has 4 aromatic rings. The van der Waals surface area contributed by atoms with Gasteiger partial charge in [-0.25, -0.2) is 9.97 Å². The summed E-state index contributed by atoms with van der Waals surface area (Å²) in [5.41, 5.74) is 3.81. The van der Waals surface area contributed by atoms with E-state index in [0.29, 0.717) is 17.0 Å². The number of piperazine rings is 1. The fourth-order valence-electron chi connectivity index (χ4n) is 4.58. The van der Waals surface area contributed by atoms with E-state index >= 15 is 0 Å². The Morgan fingerprint density at radius 2 is 1.45 bits per heavy atom. The van der Waals surface area contributed by atoms with Crippen molar-refractivity contribution < 1.29 is 4.74 Å². The van der Waals surface area contributed by atoms with E-state index in [1.807, 2.05) is 80.6 Å². The lowest BCUT2D eigenvalue weighted by atomic mass is 10.2. The van der Waals surface area contributed by atoms with Gasteiger partial charge in [-0.3, -0.25) is 10.2 Å². The number of aliphatic imine (C=N–C) groups is 1. The van der Waals surface area contributed by atoms with Gasteiger partial charge >= 0.3 is 0 Å². The van der Waals surface area contributed by atoms with Gasteiger partial charge in [0.05, 0.1) is 0 Å². The second-order valence-corrected chi connectivity index (χ2v) is 10.4. The SMILES string of the molecule is Cc1cc(C)nc(N/C(=N/C(=S)Nc2ccc(Oc3ccccc3)cc2)N2CCN(C/C=C/c3ccccc3)CC2)n1. The van der Waals surface area contributed by atoms with E-state index in [1.165, 1.54) is 5.56 Å². The van der Waals surface area contributed by atoms with Gasteiger partial charge in [0.15, 0.2) is 0 Å². The number of benzene rings is 3. The lowest BCUT2D eigenvalue weighted by Crippen LogP contribution is -2.51. The van der Waals surface area contributed by atoms with Crippen LogP contribution >= 0.6 is 12.2 Å². The average Bonchev–Trinajstić information content (AvgIpc) is 2.99. The van der Waals surface area contributed by atoms with E-state index < -0.39 is 0 Å². The largest absolute Gasteiger partial charge is 0.457 e. The fraction of sp³-hybridized carbons (Fsp3) is 0.212. The molecule has 42 heavy (non-hydrogen) atoms. The van der Waals surface area contributed by atoms with Crippen LogP contribution in [0.3, 0.4) is 0 Å². The van der Waals surface area contributed by atoms with E-state index in [0.717, 1.165) is 61.3 Å². The maximum atomic E-state index is 5.90. The summed E-state index contributed by atoms with van der Waals surface area (Å²) in [5.74, 6) is 2.66. The summed E-state index contributed by atoms with van der Waals surface area (Å²) in [5, 5.41) is 6.90. The van der Waals surface area contributed by atoms with Crippen LogP contribution in [0.15, 0.2) is 102 Å². The van der Waals surface area contributed by atoms with E-state index in [9.17, 15) is 0 Å². The molecule has 9 heteroatoms. The van der Waals surface area contributed by atoms with Gasteiger partial charge in [0.2, 0.25) is 17.0 Å². The maximum absolute atomic E-state index is 5.90. The Hall–Kier alpha value is -4.60. The molecule has 1 aliphatic heterocycles. The van der Waals surface area contributed by atoms with Crippen LogP contribution in [0.5, 0.6) is 11.5 Å². The average molecular weight is 578 g/mol. The molecule has 0 spiro atoms. The Morgan fingerprint density at radius 3 is 2.12 bits per heavy atom. The van der Waals surface area contributed by atoms with Crippen molar-refractivity contribution >= 4 is 41.0 Å². The summed E-state index contributed by atoms with van der Waals surface area (Å²) in [6.07, 6.45) is 4.39. The zero-order valence-corrected chi connectivity index (χ0v) is 24.7. The Bertz CT molecular complexity index is 1500. The van der Waals surface area contributed by atoms with Crippen molar-refractivity contribution in [3.8, 4) is 11.5 Å². The van der Waals surface area contributed by atoms with Crippen molar-refractivity contribution in [2.24, 2.45) is 4.99 Å². The molecular formula is C33H35N7OS. The molecular weight excluding hydrogens is 542 g/mol. The molecule has 0 amide bonds. The highest BCUT2D eigenvalue weighted by Crippen LogP contribution is 2.22. The van der Waals surface area contributed by atoms with Crippen molar-refractivity contribution in [1.29, 1.82) is 0 Å². The fourth-order valence-corrected chi connectivity index (χ4v) is 4.79. The molecule has 2 heterocycles. The molecule has 5 rings (SSSR count). The minimum Gasteiger partial charge on any atom is -0.457 e. The van der Waals surface area contributed by atoms with Gasteiger partial charge in [0.1, 0.15) is 11.5 Å². The molecule has 2 N–H and O–H groups in total. The number of anilines is 2. The molecule has 1 aromatic heterocycles. The molecule has 0 unspecified atom stereocenters. The first-order valence-corrected chi connectivity index (χ1v) is 14.4. The molecule has 0 atom stereocenters. The number of guanidine groups is 1. The molecule has 0 aliphatic carbocycles. The Kier molecular flexibility index (Phi) is 9.87. The van der Waals surface area contributed by atoms with Crippen LogP contribution < -0.4 is 15.4 Å². The summed E-state index contributed by atoms with van der Waals surface area (Å²) in [7, 11) is 0. The number of nitrogens with one attached hydrogen (secondary N) is 2. The minimum atomic E-state index is 0.340. The second-order valence-electron chi connectivity index (χ2n) is 10.0. The van der Waals surface area contributed by atoms with Crippen LogP contribution in [0, 0.1) is 13.8 Å². The molecule has 3 aromatic carbocycles. The number of hydrogen-bond donors (Lipinski definition) is 2. The van der Waals surface area contributed by atoms with E-state index in [2.05, 4.69) is 66.8 Å². The van der Waals surface area contributed by atoms with Crippen LogP contribution in [0.2, 0.25) is 0 Å². The van der Waals surface area contributed by atoms with Crippen molar-refractivity contribution in [2.45, 2.75) is 13.8 Å². The van der Waals surface area contributed by atoms with Gasteiger partial charge < -0.3 is 15.0 Å². The van der Waals surface area contributed by atoms with Crippen LogP contribution in [0.4, 0.5) is 11.6 Å². The summed E-state index contributed by atoms with van der Waals surface area (Å²) in [6.45, 7) is 8.19. The molecule has 214 valence electrons. The Labute approximate surface area is 252 Å². The predicted octanol–water partition coefficient (Wildman–Crippen LogP) is 6.38. The third-order valence-corrected chi connectivity index (χ3v) is 6.84. The van der Waals surface area contributed by atoms with Crippen molar-refractivity contribution in [3.63, 3.8) is 0 Å². The summed E-state index contributed by atoms with van der Waals surface area (Å²) in [4.78, 5) is 18.5. The first kappa shape index (κ1) is 28.9. The number of nitrogens with zero attached hydrogens (tertiary/aromatic N) is 5. The van der Waals surface area contributed by atoms with Gasteiger partial charge in [-0.05, 0) is 74.1 Å². The van der Waals surface area contributed by atoms with E-state index in [-0.39, 0.29) is 0 Å². The lowest BCUT2D eigenvalue weighted by molar-refractivity contribution is 0.198. The molecule has 1 fully saturated rings. The smallest absolute Gasteiger partial charge is 0.229 e. The first-order valence-electron chi connectivity index (χ1n) is 14.0. The van der Waals surface area contributed by atoms with Crippen molar-refractivity contribution in [3.05, 3.63) is 114 Å². The van der Waals surface area contributed by atoms with Crippen LogP contribution in [-0.4, -0.2) is 63.6 Å². The van der Waals surface area contributed by atoms with Gasteiger partial charge in [-0.2, -0.15) is 4.99 Å². The second kappa shape index (κ2) is 14.3. The van der Waals surface area contributed by atoms with Gasteiger partial charge in [-0.1, -0.05) is 60.7 Å². The molecule has 0 bridgehead atoms. The summed E-state index contributed by atoms with van der Waals surface area (Å²) < 4.78 is 5.90. The zero-order chi connectivity index (χ0) is 29.1. The minimum absolute atomic E-state index is 0.340. The third kappa shape index (κ3) is 8.70. The van der Waals surface area contributed by atoms with Crippen LogP contribution in [0.25, 0.3) is 6.08 Å². The van der Waals surface area contributed by atoms with Gasteiger partial charge in [0.25, 0.3) is 0 Å². The number of thiocarbonyl (C=S) groups is 1. The number of ether oxygens (including phenoxy) is 1. The highest BCUT2D eigenvalue weighted by atomic mass is 32.1. The normalized spacial score (nSPS) is 14.1. The molecule has 0 radical (unpaired) electrons. The number of aromatic nitrogens is 2. The van der Waals surface area contributed by atoms with Crippen molar-refractivity contribution in [1.82, 2.24) is 19.8 Å². The Balaban J connectivity index is 1.24. The van der Waals surface area contributed by atoms with E-state index in [4.69, 9.17) is 21.9 Å². The monoisotopic (exact) mass is 577 g/mol. The topological polar surface area (TPSA) is 77.9 Å². The van der Waals surface area contributed by atoms with Gasteiger partial charge in [0, 0.05) is 49.8 Å². The predicted molar refractivity (Wildman–Crippen MR) is 175 cm³/mol.